The van der Waals surface area contributed by atoms with Gasteiger partial charge in [0.1, 0.15) is 5.75 Å². The van der Waals surface area contributed by atoms with Gasteiger partial charge in [-0.1, -0.05) is 0 Å². The summed E-state index contributed by atoms with van der Waals surface area (Å²) < 4.78 is 32.4. The maximum absolute atomic E-state index is 12.8. The van der Waals surface area contributed by atoms with Gasteiger partial charge in [-0.2, -0.15) is 4.31 Å². The van der Waals surface area contributed by atoms with Crippen LogP contribution in [0.15, 0.2) is 23.1 Å². The molecular formula is C15H22N2O3S. The molecule has 1 saturated carbocycles. The van der Waals surface area contributed by atoms with E-state index in [4.69, 9.17) is 10.5 Å². The highest BCUT2D eigenvalue weighted by molar-refractivity contribution is 7.89. The smallest absolute Gasteiger partial charge is 0.243 e. The SMILES string of the molecule is COc1ccc(S(=O)(=O)N2CC3CCC(N)C3C2)c(C)c1. The third-order valence-electron chi connectivity index (χ3n) is 4.88. The van der Waals surface area contributed by atoms with Gasteiger partial charge in [0.25, 0.3) is 0 Å². The summed E-state index contributed by atoms with van der Waals surface area (Å²) in [5.41, 5.74) is 6.81. The van der Waals surface area contributed by atoms with Crippen molar-refractivity contribution in [1.29, 1.82) is 0 Å². The van der Waals surface area contributed by atoms with Crippen LogP contribution in [0.1, 0.15) is 18.4 Å². The molecule has 1 aromatic rings. The standard InChI is InChI=1S/C15H22N2O3S/c1-10-7-12(20-2)4-6-15(10)21(18,19)17-8-11-3-5-14(16)13(11)9-17/h4,6-7,11,13-14H,3,5,8-9,16H2,1-2H3. The van der Waals surface area contributed by atoms with Crippen LogP contribution in [0.3, 0.4) is 0 Å². The summed E-state index contributed by atoms with van der Waals surface area (Å²) in [5.74, 6) is 1.42. The third-order valence-corrected chi connectivity index (χ3v) is 6.87. The van der Waals surface area contributed by atoms with E-state index in [1.165, 1.54) is 0 Å². The quantitative estimate of drug-likeness (QED) is 0.915. The maximum atomic E-state index is 12.8. The van der Waals surface area contributed by atoms with E-state index in [0.29, 0.717) is 35.6 Å². The highest BCUT2D eigenvalue weighted by atomic mass is 32.2. The third kappa shape index (κ3) is 2.45. The van der Waals surface area contributed by atoms with Crippen LogP contribution in [0.4, 0.5) is 0 Å². The average molecular weight is 310 g/mol. The largest absolute Gasteiger partial charge is 0.497 e. The molecule has 1 aromatic carbocycles. The minimum Gasteiger partial charge on any atom is -0.497 e. The van der Waals surface area contributed by atoms with Crippen molar-refractivity contribution in [1.82, 2.24) is 4.31 Å². The fourth-order valence-corrected chi connectivity index (χ4v) is 5.38. The van der Waals surface area contributed by atoms with Gasteiger partial charge in [-0.15, -0.1) is 0 Å². The number of hydrogen-bond acceptors (Lipinski definition) is 4. The van der Waals surface area contributed by atoms with Crippen LogP contribution >= 0.6 is 0 Å². The number of benzene rings is 1. The summed E-state index contributed by atoms with van der Waals surface area (Å²) in [6.45, 7) is 2.96. The zero-order chi connectivity index (χ0) is 15.2. The van der Waals surface area contributed by atoms with Crippen LogP contribution in [0.25, 0.3) is 0 Å². The normalized spacial score (nSPS) is 29.6. The topological polar surface area (TPSA) is 72.6 Å². The van der Waals surface area contributed by atoms with Gasteiger partial charge in [0.15, 0.2) is 0 Å². The van der Waals surface area contributed by atoms with E-state index < -0.39 is 10.0 Å². The molecule has 2 fully saturated rings. The molecule has 3 atom stereocenters. The monoisotopic (exact) mass is 310 g/mol. The van der Waals surface area contributed by atoms with E-state index in [0.717, 1.165) is 18.4 Å². The highest BCUT2D eigenvalue weighted by Crippen LogP contribution is 2.39. The van der Waals surface area contributed by atoms with Crippen LogP contribution in [-0.2, 0) is 10.0 Å². The van der Waals surface area contributed by atoms with Gasteiger partial charge in [-0.3, -0.25) is 0 Å². The van der Waals surface area contributed by atoms with Gasteiger partial charge in [0.2, 0.25) is 10.0 Å². The van der Waals surface area contributed by atoms with Crippen LogP contribution < -0.4 is 10.5 Å². The molecule has 21 heavy (non-hydrogen) atoms. The molecule has 0 bridgehead atoms. The Morgan fingerprint density at radius 2 is 2.05 bits per heavy atom. The molecule has 5 nitrogen and oxygen atoms in total. The summed E-state index contributed by atoms with van der Waals surface area (Å²) in [6, 6.07) is 5.24. The van der Waals surface area contributed by atoms with E-state index in [1.807, 2.05) is 0 Å². The lowest BCUT2D eigenvalue weighted by Crippen LogP contribution is -2.33. The fraction of sp³-hybridized carbons (Fsp3) is 0.600. The van der Waals surface area contributed by atoms with Crippen molar-refractivity contribution in [2.45, 2.75) is 30.7 Å². The second kappa shape index (κ2) is 5.26. The van der Waals surface area contributed by atoms with Crippen molar-refractivity contribution in [2.75, 3.05) is 20.2 Å². The average Bonchev–Trinajstić information content (AvgIpc) is 3.01. The van der Waals surface area contributed by atoms with Crippen LogP contribution in [-0.4, -0.2) is 39.0 Å². The molecule has 1 heterocycles. The van der Waals surface area contributed by atoms with Crippen molar-refractivity contribution in [2.24, 2.45) is 17.6 Å². The molecule has 1 aliphatic heterocycles. The molecule has 1 saturated heterocycles. The summed E-state index contributed by atoms with van der Waals surface area (Å²) in [6.07, 6.45) is 2.06. The van der Waals surface area contributed by atoms with Crippen LogP contribution in [0.2, 0.25) is 0 Å². The summed E-state index contributed by atoms with van der Waals surface area (Å²) in [7, 11) is -1.86. The van der Waals surface area contributed by atoms with E-state index in [2.05, 4.69) is 0 Å². The van der Waals surface area contributed by atoms with Gasteiger partial charge in [0.05, 0.1) is 12.0 Å². The van der Waals surface area contributed by atoms with Gasteiger partial charge in [-0.25, -0.2) is 8.42 Å². The lowest BCUT2D eigenvalue weighted by molar-refractivity contribution is 0.413. The summed E-state index contributed by atoms with van der Waals surface area (Å²) in [5, 5.41) is 0. The molecular weight excluding hydrogens is 288 g/mol. The Balaban J connectivity index is 1.88. The number of rotatable bonds is 3. The van der Waals surface area contributed by atoms with Crippen molar-refractivity contribution in [3.05, 3.63) is 23.8 Å². The van der Waals surface area contributed by atoms with Crippen molar-refractivity contribution in [3.8, 4) is 5.75 Å². The van der Waals surface area contributed by atoms with E-state index in [-0.39, 0.29) is 6.04 Å². The number of nitrogens with two attached hydrogens (primary N) is 1. The number of ether oxygens (including phenoxy) is 1. The van der Waals surface area contributed by atoms with Crippen molar-refractivity contribution >= 4 is 10.0 Å². The Morgan fingerprint density at radius 3 is 2.67 bits per heavy atom. The predicted molar refractivity (Wildman–Crippen MR) is 80.7 cm³/mol. The lowest BCUT2D eigenvalue weighted by Gasteiger charge is -2.20. The summed E-state index contributed by atoms with van der Waals surface area (Å²) in [4.78, 5) is 0.372. The molecule has 6 heteroatoms. The van der Waals surface area contributed by atoms with Crippen molar-refractivity contribution < 1.29 is 13.2 Å². The second-order valence-corrected chi connectivity index (χ2v) is 8.02. The maximum Gasteiger partial charge on any atom is 0.243 e. The first kappa shape index (κ1) is 14.8. The Morgan fingerprint density at radius 1 is 1.29 bits per heavy atom. The Labute approximate surface area is 126 Å². The molecule has 3 rings (SSSR count). The van der Waals surface area contributed by atoms with Gasteiger partial charge in [0, 0.05) is 19.1 Å². The molecule has 0 spiro atoms. The molecule has 2 aliphatic rings. The van der Waals surface area contributed by atoms with Gasteiger partial charge >= 0.3 is 0 Å². The Hall–Kier alpha value is -1.11. The number of sulfonamides is 1. The van der Waals surface area contributed by atoms with E-state index in [9.17, 15) is 8.42 Å². The first-order valence-corrected chi connectivity index (χ1v) is 8.78. The number of nitrogens with zero attached hydrogens (tertiary/aromatic N) is 1. The minimum absolute atomic E-state index is 0.146. The molecule has 1 aliphatic carbocycles. The number of hydrogen-bond donors (Lipinski definition) is 1. The molecule has 3 unspecified atom stereocenters. The van der Waals surface area contributed by atoms with Crippen LogP contribution in [0.5, 0.6) is 5.75 Å². The number of fused-ring (bicyclic) bond motifs is 1. The predicted octanol–water partition coefficient (Wildman–Crippen LogP) is 1.36. The van der Waals surface area contributed by atoms with E-state index in [1.54, 1.807) is 36.5 Å². The van der Waals surface area contributed by atoms with Gasteiger partial charge in [-0.05, 0) is 55.4 Å². The Kier molecular flexibility index (Phi) is 3.71. The zero-order valence-corrected chi connectivity index (χ0v) is 13.3. The van der Waals surface area contributed by atoms with Crippen LogP contribution in [0, 0.1) is 18.8 Å². The first-order chi connectivity index (χ1) is 9.93. The molecule has 116 valence electrons. The highest BCUT2D eigenvalue weighted by Gasteiger charge is 2.45. The number of aryl methyl sites for hydroxylation is 1. The Bertz CT molecular complexity index is 644. The van der Waals surface area contributed by atoms with Gasteiger partial charge < -0.3 is 10.5 Å². The molecule has 2 N–H and O–H groups in total. The fourth-order valence-electron chi connectivity index (χ4n) is 3.64. The first-order valence-electron chi connectivity index (χ1n) is 7.34. The minimum atomic E-state index is -3.44. The molecule has 0 amide bonds. The lowest BCUT2D eigenvalue weighted by atomic mass is 9.98. The molecule has 0 radical (unpaired) electrons. The molecule has 0 aromatic heterocycles. The summed E-state index contributed by atoms with van der Waals surface area (Å²) >= 11 is 0. The second-order valence-electron chi connectivity index (χ2n) is 6.12. The number of methoxy groups -OCH3 is 1. The van der Waals surface area contributed by atoms with Crippen molar-refractivity contribution in [3.63, 3.8) is 0 Å². The van der Waals surface area contributed by atoms with E-state index >= 15 is 0 Å². The zero-order valence-electron chi connectivity index (χ0n) is 12.5.